The van der Waals surface area contributed by atoms with Gasteiger partial charge in [-0.15, -0.1) is 0 Å². The van der Waals surface area contributed by atoms with Crippen molar-refractivity contribution in [3.8, 4) is 0 Å². The van der Waals surface area contributed by atoms with Gasteiger partial charge in [-0.25, -0.2) is 0 Å². The molecule has 1 fully saturated rings. The average molecular weight is 281 g/mol. The summed E-state index contributed by atoms with van der Waals surface area (Å²) in [6, 6.07) is 0. The van der Waals surface area contributed by atoms with E-state index in [1.807, 2.05) is 0 Å². The fourth-order valence-electron chi connectivity index (χ4n) is 1.49. The number of alkyl halides is 1. The molecule has 2 nitrogen and oxygen atoms in total. The first kappa shape index (κ1) is 10.3. The maximum absolute atomic E-state index is 11.2. The lowest BCUT2D eigenvalue weighted by molar-refractivity contribution is -0.122. The van der Waals surface area contributed by atoms with Crippen LogP contribution in [-0.4, -0.2) is 16.4 Å². The van der Waals surface area contributed by atoms with Crippen LogP contribution >= 0.6 is 22.6 Å². The molecule has 1 unspecified atom stereocenters. The van der Waals surface area contributed by atoms with E-state index in [0.29, 0.717) is 10.3 Å². The minimum absolute atomic E-state index is 0.212. The molecule has 0 aliphatic carbocycles. The van der Waals surface area contributed by atoms with Gasteiger partial charge in [0.1, 0.15) is 0 Å². The molecular formula is C9H16INO. The third-order valence-corrected chi connectivity index (χ3v) is 3.29. The quantitative estimate of drug-likeness (QED) is 0.535. The molecule has 1 aliphatic heterocycles. The highest BCUT2D eigenvalue weighted by Crippen LogP contribution is 2.29. The smallest absolute Gasteiger partial charge is 0.220 e. The lowest BCUT2D eigenvalue weighted by Crippen LogP contribution is -2.37. The van der Waals surface area contributed by atoms with Gasteiger partial charge in [0.05, 0.1) is 0 Å². The Morgan fingerprint density at radius 2 is 2.25 bits per heavy atom. The van der Waals surface area contributed by atoms with Crippen LogP contribution in [0.5, 0.6) is 0 Å². The summed E-state index contributed by atoms with van der Waals surface area (Å²) in [6.45, 7) is 5.25. The first-order valence-electron chi connectivity index (χ1n) is 4.40. The van der Waals surface area contributed by atoms with Crippen LogP contribution < -0.4 is 5.32 Å². The van der Waals surface area contributed by atoms with Gasteiger partial charge in [0, 0.05) is 16.9 Å². The molecule has 1 saturated heterocycles. The fraction of sp³-hybridized carbons (Fsp3) is 0.889. The molecule has 70 valence electrons. The predicted molar refractivity (Wildman–Crippen MR) is 58.4 cm³/mol. The van der Waals surface area contributed by atoms with Gasteiger partial charge in [-0.2, -0.15) is 0 Å². The molecule has 0 saturated carbocycles. The topological polar surface area (TPSA) is 29.1 Å². The number of hydrogen-bond donors (Lipinski definition) is 1. The summed E-state index contributed by atoms with van der Waals surface area (Å²) >= 11 is 2.45. The van der Waals surface area contributed by atoms with Gasteiger partial charge in [0.2, 0.25) is 5.91 Å². The number of nitrogens with one attached hydrogen (secondary N) is 1. The van der Waals surface area contributed by atoms with E-state index in [1.54, 1.807) is 0 Å². The van der Waals surface area contributed by atoms with Crippen LogP contribution in [0.4, 0.5) is 0 Å². The van der Waals surface area contributed by atoms with E-state index < -0.39 is 0 Å². The second-order valence-electron chi connectivity index (χ2n) is 4.28. The predicted octanol–water partition coefficient (Wildman–Crippen LogP) is 2.12. The van der Waals surface area contributed by atoms with Crippen molar-refractivity contribution in [3.05, 3.63) is 0 Å². The summed E-state index contributed by atoms with van der Waals surface area (Å²) in [7, 11) is 0. The van der Waals surface area contributed by atoms with Crippen molar-refractivity contribution in [1.29, 1.82) is 0 Å². The highest BCUT2D eigenvalue weighted by Gasteiger charge is 2.25. The molecule has 12 heavy (non-hydrogen) atoms. The van der Waals surface area contributed by atoms with Gasteiger partial charge >= 0.3 is 0 Å². The Morgan fingerprint density at radius 3 is 2.92 bits per heavy atom. The molecule has 0 radical (unpaired) electrons. The zero-order chi connectivity index (χ0) is 9.19. The van der Waals surface area contributed by atoms with Crippen LogP contribution in [0.15, 0.2) is 0 Å². The van der Waals surface area contributed by atoms with Gasteiger partial charge in [-0.05, 0) is 18.3 Å². The zero-order valence-corrected chi connectivity index (χ0v) is 9.85. The van der Waals surface area contributed by atoms with Crippen molar-refractivity contribution in [2.45, 2.75) is 37.0 Å². The van der Waals surface area contributed by atoms with Crippen molar-refractivity contribution >= 4 is 28.5 Å². The first-order valence-corrected chi connectivity index (χ1v) is 5.65. The van der Waals surface area contributed by atoms with Crippen LogP contribution in [0, 0.1) is 5.41 Å². The summed E-state index contributed by atoms with van der Waals surface area (Å²) in [5.41, 5.74) is 0.266. The lowest BCUT2D eigenvalue weighted by Gasteiger charge is -2.29. The number of halogens is 1. The van der Waals surface area contributed by atoms with Crippen LogP contribution in [-0.2, 0) is 4.79 Å². The molecule has 3 heteroatoms. The SMILES string of the molecule is CC1(C)CNC(=O)CCC(I)C1. The van der Waals surface area contributed by atoms with Gasteiger partial charge in [0.25, 0.3) is 0 Å². The van der Waals surface area contributed by atoms with Gasteiger partial charge in [-0.3, -0.25) is 4.79 Å². The lowest BCUT2D eigenvalue weighted by atomic mass is 9.85. The molecule has 0 spiro atoms. The number of hydrogen-bond acceptors (Lipinski definition) is 1. The highest BCUT2D eigenvalue weighted by molar-refractivity contribution is 14.1. The molecule has 0 bridgehead atoms. The van der Waals surface area contributed by atoms with Gasteiger partial charge < -0.3 is 5.32 Å². The normalized spacial score (nSPS) is 30.2. The Hall–Kier alpha value is 0.200. The Labute approximate surface area is 87.6 Å². The van der Waals surface area contributed by atoms with E-state index in [1.165, 1.54) is 6.42 Å². The largest absolute Gasteiger partial charge is 0.356 e. The maximum atomic E-state index is 11.2. The molecule has 1 rings (SSSR count). The van der Waals surface area contributed by atoms with Gasteiger partial charge in [0.15, 0.2) is 0 Å². The molecule has 1 N–H and O–H groups in total. The minimum Gasteiger partial charge on any atom is -0.356 e. The van der Waals surface area contributed by atoms with Crippen molar-refractivity contribution in [2.75, 3.05) is 6.54 Å². The second-order valence-corrected chi connectivity index (χ2v) is 6.04. The molecular weight excluding hydrogens is 265 g/mol. The van der Waals surface area contributed by atoms with Crippen LogP contribution in [0.3, 0.4) is 0 Å². The summed E-state index contributed by atoms with van der Waals surface area (Å²) in [4.78, 5) is 11.2. The van der Waals surface area contributed by atoms with E-state index in [9.17, 15) is 4.79 Å². The van der Waals surface area contributed by atoms with Gasteiger partial charge in [-0.1, -0.05) is 36.4 Å². The first-order chi connectivity index (χ1) is 5.49. The Morgan fingerprint density at radius 1 is 1.58 bits per heavy atom. The molecule has 1 heterocycles. The highest BCUT2D eigenvalue weighted by atomic mass is 127. The molecule has 0 aromatic carbocycles. The standard InChI is InChI=1S/C9H16INO/c1-9(2)5-7(10)3-4-8(12)11-6-9/h7H,3-6H2,1-2H3,(H,11,12). The van der Waals surface area contributed by atoms with E-state index in [4.69, 9.17) is 0 Å². The van der Waals surface area contributed by atoms with Crippen LogP contribution in [0.1, 0.15) is 33.1 Å². The number of rotatable bonds is 0. The van der Waals surface area contributed by atoms with E-state index in [-0.39, 0.29) is 11.3 Å². The third kappa shape index (κ3) is 3.29. The monoisotopic (exact) mass is 281 g/mol. The van der Waals surface area contributed by atoms with Crippen molar-refractivity contribution < 1.29 is 4.79 Å². The fourth-order valence-corrected chi connectivity index (χ4v) is 2.99. The van der Waals surface area contributed by atoms with Crippen molar-refractivity contribution in [1.82, 2.24) is 5.32 Å². The van der Waals surface area contributed by atoms with Crippen molar-refractivity contribution in [3.63, 3.8) is 0 Å². The van der Waals surface area contributed by atoms with E-state index in [2.05, 4.69) is 41.8 Å². The minimum atomic E-state index is 0.212. The van der Waals surface area contributed by atoms with Crippen LogP contribution in [0.25, 0.3) is 0 Å². The Bertz CT molecular complexity index is 179. The summed E-state index contributed by atoms with van der Waals surface area (Å²) < 4.78 is 0.656. The van der Waals surface area contributed by atoms with E-state index >= 15 is 0 Å². The summed E-state index contributed by atoms with van der Waals surface area (Å²) in [6.07, 6.45) is 2.92. The number of amides is 1. The molecule has 1 amide bonds. The third-order valence-electron chi connectivity index (χ3n) is 2.22. The summed E-state index contributed by atoms with van der Waals surface area (Å²) in [5, 5.41) is 2.95. The maximum Gasteiger partial charge on any atom is 0.220 e. The molecule has 1 atom stereocenters. The number of carbonyl (C=O) groups is 1. The molecule has 0 aromatic heterocycles. The van der Waals surface area contributed by atoms with E-state index in [0.717, 1.165) is 13.0 Å². The summed E-state index contributed by atoms with van der Waals surface area (Å²) in [5.74, 6) is 0.212. The number of carbonyl (C=O) groups excluding carboxylic acids is 1. The average Bonchev–Trinajstić information content (AvgIpc) is 1.95. The van der Waals surface area contributed by atoms with Crippen LogP contribution in [0.2, 0.25) is 0 Å². The second kappa shape index (κ2) is 3.94. The Kier molecular flexibility index (Phi) is 3.37. The van der Waals surface area contributed by atoms with Crippen molar-refractivity contribution in [2.24, 2.45) is 5.41 Å². The molecule has 0 aromatic rings. The molecule has 1 aliphatic rings. The zero-order valence-electron chi connectivity index (χ0n) is 7.69. The Balaban J connectivity index is 2.55.